The summed E-state index contributed by atoms with van der Waals surface area (Å²) in [5, 5.41) is 3.04. The van der Waals surface area contributed by atoms with Crippen LogP contribution in [-0.4, -0.2) is 10.9 Å². The highest BCUT2D eigenvalue weighted by Crippen LogP contribution is 2.61. The zero-order valence-corrected chi connectivity index (χ0v) is 11.7. The molecule has 5 heteroatoms. The molecule has 3 N–H and O–H groups in total. The summed E-state index contributed by atoms with van der Waals surface area (Å²) in [6.45, 7) is 0. The number of amides is 1. The Morgan fingerprint density at radius 1 is 1.26 bits per heavy atom. The van der Waals surface area contributed by atoms with Gasteiger partial charge in [0.2, 0.25) is 0 Å². The van der Waals surface area contributed by atoms with Crippen LogP contribution >= 0.6 is 11.3 Å². The minimum Gasteiger partial charge on any atom is -0.289 e. The van der Waals surface area contributed by atoms with Gasteiger partial charge in [0, 0.05) is 10.8 Å². The number of rotatable bonds is 2. The van der Waals surface area contributed by atoms with Gasteiger partial charge in [-0.1, -0.05) is 0 Å². The molecule has 0 spiro atoms. The molecule has 1 aromatic rings. The number of aromatic nitrogens is 1. The fourth-order valence-corrected chi connectivity index (χ4v) is 6.10. The van der Waals surface area contributed by atoms with Crippen LogP contribution in [0.3, 0.4) is 0 Å². The first-order chi connectivity index (χ1) is 9.18. The van der Waals surface area contributed by atoms with E-state index in [0.717, 1.165) is 17.8 Å². The van der Waals surface area contributed by atoms with E-state index in [-0.39, 0.29) is 11.3 Å². The summed E-state index contributed by atoms with van der Waals surface area (Å²) >= 11 is 1.65. The van der Waals surface area contributed by atoms with Crippen LogP contribution in [-0.2, 0) is 5.41 Å². The zero-order valence-electron chi connectivity index (χ0n) is 10.9. The Bertz CT molecular complexity index is 489. The zero-order chi connectivity index (χ0) is 13.0. The lowest BCUT2D eigenvalue weighted by Gasteiger charge is -2.56. The fraction of sp³-hybridized carbons (Fsp3) is 0.714. The van der Waals surface area contributed by atoms with Crippen LogP contribution in [0, 0.1) is 17.8 Å². The monoisotopic (exact) mass is 277 g/mol. The van der Waals surface area contributed by atoms with Gasteiger partial charge in [0.15, 0.2) is 0 Å². The molecule has 0 unspecified atom stereocenters. The third kappa shape index (κ3) is 1.75. The van der Waals surface area contributed by atoms with Gasteiger partial charge >= 0.3 is 0 Å². The standard InChI is InChI=1S/C14H19N3OS/c15-17-12(18)11-7-19-13(16-11)14-4-8-1-9(5-14)3-10(2-8)6-14/h7-10H,1-6,15H2,(H,17,18). The lowest BCUT2D eigenvalue weighted by atomic mass is 9.50. The summed E-state index contributed by atoms with van der Waals surface area (Å²) in [4.78, 5) is 16.2. The number of nitrogens with two attached hydrogens (primary N) is 1. The number of nitrogens with zero attached hydrogens (tertiary/aromatic N) is 1. The number of carbonyl (C=O) groups excluding carboxylic acids is 1. The fourth-order valence-electron chi connectivity index (χ4n) is 5.07. The molecule has 4 aliphatic rings. The lowest BCUT2D eigenvalue weighted by molar-refractivity contribution is -0.00531. The highest BCUT2D eigenvalue weighted by Gasteiger charge is 2.52. The van der Waals surface area contributed by atoms with Crippen molar-refractivity contribution in [3.63, 3.8) is 0 Å². The SMILES string of the molecule is NNC(=O)c1csc(C23CC4CC(CC(C4)C2)C3)n1. The average molecular weight is 277 g/mol. The van der Waals surface area contributed by atoms with E-state index in [1.165, 1.54) is 43.5 Å². The highest BCUT2D eigenvalue weighted by atomic mass is 32.1. The van der Waals surface area contributed by atoms with E-state index >= 15 is 0 Å². The smallest absolute Gasteiger partial charge is 0.284 e. The quantitative estimate of drug-likeness (QED) is 0.495. The predicted molar refractivity (Wildman–Crippen MR) is 73.6 cm³/mol. The molecule has 1 amide bonds. The molecule has 1 aromatic heterocycles. The van der Waals surface area contributed by atoms with Crippen LogP contribution in [0.5, 0.6) is 0 Å². The molecule has 0 aliphatic heterocycles. The van der Waals surface area contributed by atoms with Gasteiger partial charge in [0.05, 0.1) is 5.01 Å². The Morgan fingerprint density at radius 2 is 1.84 bits per heavy atom. The maximum Gasteiger partial charge on any atom is 0.284 e. The Hall–Kier alpha value is -0.940. The molecule has 5 rings (SSSR count). The molecule has 4 nitrogen and oxygen atoms in total. The second-order valence-corrected chi connectivity index (χ2v) is 7.57. The molecule has 19 heavy (non-hydrogen) atoms. The summed E-state index contributed by atoms with van der Waals surface area (Å²) in [6, 6.07) is 0. The normalized spacial score (nSPS) is 39.5. The number of hydrazine groups is 1. The van der Waals surface area contributed by atoms with Crippen molar-refractivity contribution >= 4 is 17.2 Å². The minimum absolute atomic E-state index is 0.271. The van der Waals surface area contributed by atoms with Crippen molar-refractivity contribution in [1.82, 2.24) is 10.4 Å². The van der Waals surface area contributed by atoms with Crippen molar-refractivity contribution in [1.29, 1.82) is 0 Å². The van der Waals surface area contributed by atoms with Gasteiger partial charge in [-0.3, -0.25) is 10.2 Å². The lowest BCUT2D eigenvalue weighted by Crippen LogP contribution is -2.48. The van der Waals surface area contributed by atoms with Crippen LogP contribution in [0.15, 0.2) is 5.38 Å². The van der Waals surface area contributed by atoms with Crippen LogP contribution < -0.4 is 11.3 Å². The molecule has 0 radical (unpaired) electrons. The Morgan fingerprint density at radius 3 is 2.37 bits per heavy atom. The van der Waals surface area contributed by atoms with Crippen molar-refractivity contribution in [3.05, 3.63) is 16.1 Å². The first kappa shape index (κ1) is 11.9. The summed E-state index contributed by atoms with van der Waals surface area (Å²) in [5.41, 5.74) is 2.94. The summed E-state index contributed by atoms with van der Waals surface area (Å²) in [7, 11) is 0. The number of carbonyl (C=O) groups is 1. The molecular weight excluding hydrogens is 258 g/mol. The number of hydrogen-bond acceptors (Lipinski definition) is 4. The van der Waals surface area contributed by atoms with Crippen LogP contribution in [0.4, 0.5) is 0 Å². The number of nitrogens with one attached hydrogen (secondary N) is 1. The van der Waals surface area contributed by atoms with Crippen molar-refractivity contribution in [2.45, 2.75) is 43.9 Å². The molecular formula is C14H19N3OS. The highest BCUT2D eigenvalue weighted by molar-refractivity contribution is 7.10. The first-order valence-corrected chi connectivity index (χ1v) is 8.03. The van der Waals surface area contributed by atoms with Gasteiger partial charge in [0.25, 0.3) is 5.91 Å². The van der Waals surface area contributed by atoms with Gasteiger partial charge in [-0.05, 0) is 56.3 Å². The summed E-state index contributed by atoms with van der Waals surface area (Å²) < 4.78 is 0. The molecule has 4 bridgehead atoms. The topological polar surface area (TPSA) is 68.0 Å². The molecule has 102 valence electrons. The maximum atomic E-state index is 11.6. The van der Waals surface area contributed by atoms with Gasteiger partial charge in [-0.25, -0.2) is 10.8 Å². The van der Waals surface area contributed by atoms with E-state index in [1.807, 2.05) is 5.38 Å². The van der Waals surface area contributed by atoms with Crippen molar-refractivity contribution in [2.24, 2.45) is 23.6 Å². The van der Waals surface area contributed by atoms with Gasteiger partial charge < -0.3 is 0 Å². The second-order valence-electron chi connectivity index (χ2n) is 6.71. The number of nitrogen functional groups attached to an aromatic ring is 1. The number of thiazole rings is 1. The Labute approximate surface area is 116 Å². The molecule has 4 fully saturated rings. The van der Waals surface area contributed by atoms with Crippen LogP contribution in [0.25, 0.3) is 0 Å². The van der Waals surface area contributed by atoms with E-state index in [1.54, 1.807) is 11.3 Å². The first-order valence-electron chi connectivity index (χ1n) is 7.15. The average Bonchev–Trinajstić information content (AvgIpc) is 2.86. The van der Waals surface area contributed by atoms with E-state index in [9.17, 15) is 4.79 Å². The van der Waals surface area contributed by atoms with Crippen molar-refractivity contribution in [3.8, 4) is 0 Å². The van der Waals surface area contributed by atoms with E-state index in [0.29, 0.717) is 5.69 Å². The number of hydrogen-bond donors (Lipinski definition) is 2. The minimum atomic E-state index is -0.271. The molecule has 1 heterocycles. The largest absolute Gasteiger partial charge is 0.289 e. The second kappa shape index (κ2) is 4.03. The molecule has 0 saturated heterocycles. The molecule has 4 aliphatic carbocycles. The molecule has 0 atom stereocenters. The summed E-state index contributed by atoms with van der Waals surface area (Å²) in [6.07, 6.45) is 8.16. The Kier molecular flexibility index (Phi) is 2.51. The third-order valence-corrected chi connectivity index (χ3v) is 6.45. The van der Waals surface area contributed by atoms with Crippen molar-refractivity contribution in [2.75, 3.05) is 0 Å². The summed E-state index contributed by atoms with van der Waals surface area (Å²) in [5.74, 6) is 7.63. The van der Waals surface area contributed by atoms with E-state index < -0.39 is 0 Å². The van der Waals surface area contributed by atoms with Gasteiger partial charge in [-0.15, -0.1) is 11.3 Å². The van der Waals surface area contributed by atoms with Crippen LogP contribution in [0.2, 0.25) is 0 Å². The van der Waals surface area contributed by atoms with E-state index in [2.05, 4.69) is 10.4 Å². The van der Waals surface area contributed by atoms with Gasteiger partial charge in [-0.2, -0.15) is 0 Å². The Balaban J connectivity index is 1.68. The third-order valence-electron chi connectivity index (χ3n) is 5.36. The van der Waals surface area contributed by atoms with E-state index in [4.69, 9.17) is 5.84 Å². The molecule has 0 aromatic carbocycles. The van der Waals surface area contributed by atoms with Gasteiger partial charge in [0.1, 0.15) is 5.69 Å². The molecule has 4 saturated carbocycles. The van der Waals surface area contributed by atoms with Crippen LogP contribution in [0.1, 0.15) is 54.0 Å². The maximum absolute atomic E-state index is 11.6. The van der Waals surface area contributed by atoms with Crippen molar-refractivity contribution < 1.29 is 4.79 Å². The predicted octanol–water partition coefficient (Wildman–Crippen LogP) is 2.21.